The number of carbonyl (C=O) groups is 2. The molecule has 0 unspecified atom stereocenters. The van der Waals surface area contributed by atoms with E-state index in [0.717, 1.165) is 37.2 Å². The second-order valence-corrected chi connectivity index (χ2v) is 6.90. The highest BCUT2D eigenvalue weighted by atomic mass is 16.2. The van der Waals surface area contributed by atoms with Crippen LogP contribution in [0, 0.1) is 0 Å². The number of benzene rings is 2. The van der Waals surface area contributed by atoms with Crippen molar-refractivity contribution in [2.24, 2.45) is 0 Å². The van der Waals surface area contributed by atoms with Crippen molar-refractivity contribution in [3.8, 4) is 0 Å². The van der Waals surface area contributed by atoms with Gasteiger partial charge in [-0.3, -0.25) is 9.59 Å². The van der Waals surface area contributed by atoms with E-state index in [1.54, 1.807) is 0 Å². The van der Waals surface area contributed by atoms with Crippen LogP contribution in [0.1, 0.15) is 31.2 Å². The molecule has 0 aliphatic carbocycles. The number of nitrogens with one attached hydrogen (secondary N) is 2. The molecular formula is C21H23N3O2. The molecule has 134 valence electrons. The van der Waals surface area contributed by atoms with E-state index in [9.17, 15) is 9.59 Å². The van der Waals surface area contributed by atoms with E-state index in [1.165, 1.54) is 11.3 Å². The predicted molar refractivity (Wildman–Crippen MR) is 103 cm³/mol. The van der Waals surface area contributed by atoms with E-state index >= 15 is 0 Å². The normalized spacial score (nSPS) is 19.5. The zero-order valence-electron chi connectivity index (χ0n) is 14.7. The largest absolute Gasteiger partial charge is 0.344 e. The minimum Gasteiger partial charge on any atom is -0.344 e. The number of para-hydroxylation sites is 3. The van der Waals surface area contributed by atoms with Crippen molar-refractivity contribution in [2.45, 2.75) is 38.1 Å². The Balaban J connectivity index is 1.57. The molecule has 2 amide bonds. The van der Waals surface area contributed by atoms with Gasteiger partial charge in [0.15, 0.2) is 0 Å². The van der Waals surface area contributed by atoms with Crippen molar-refractivity contribution in [2.75, 3.05) is 16.8 Å². The van der Waals surface area contributed by atoms with E-state index in [2.05, 4.69) is 33.7 Å². The first-order valence-electron chi connectivity index (χ1n) is 9.27. The smallest absolute Gasteiger partial charge is 0.247 e. The molecule has 2 aromatic rings. The van der Waals surface area contributed by atoms with Crippen LogP contribution in [0.25, 0.3) is 0 Å². The third kappa shape index (κ3) is 3.29. The Bertz CT molecular complexity index is 834. The monoisotopic (exact) mass is 349 g/mol. The molecular weight excluding hydrogens is 326 g/mol. The number of carbonyl (C=O) groups excluding carboxylic acids is 2. The lowest BCUT2D eigenvalue weighted by Crippen LogP contribution is -2.42. The van der Waals surface area contributed by atoms with Gasteiger partial charge in [0.1, 0.15) is 6.04 Å². The van der Waals surface area contributed by atoms with Gasteiger partial charge in [-0.25, -0.2) is 0 Å². The van der Waals surface area contributed by atoms with Crippen LogP contribution in [0.5, 0.6) is 0 Å². The molecule has 2 aliphatic heterocycles. The number of anilines is 3. The average molecular weight is 349 g/mol. The van der Waals surface area contributed by atoms with Gasteiger partial charge in [-0.05, 0) is 43.0 Å². The Morgan fingerprint density at radius 3 is 2.65 bits per heavy atom. The van der Waals surface area contributed by atoms with Crippen LogP contribution in [0.3, 0.4) is 0 Å². The lowest BCUT2D eigenvalue weighted by Gasteiger charge is -2.24. The van der Waals surface area contributed by atoms with Crippen LogP contribution < -0.4 is 15.5 Å². The van der Waals surface area contributed by atoms with Crippen molar-refractivity contribution in [3.05, 3.63) is 54.1 Å². The molecule has 1 fully saturated rings. The number of hydrogen-bond acceptors (Lipinski definition) is 3. The highest BCUT2D eigenvalue weighted by molar-refractivity contribution is 6.00. The number of amides is 2. The van der Waals surface area contributed by atoms with E-state index in [4.69, 9.17) is 0 Å². The Kier molecular flexibility index (Phi) is 4.61. The maximum atomic E-state index is 12.7. The van der Waals surface area contributed by atoms with Crippen LogP contribution in [0.15, 0.2) is 48.5 Å². The second-order valence-electron chi connectivity index (χ2n) is 6.90. The fraction of sp³-hybridized carbons (Fsp3) is 0.333. The van der Waals surface area contributed by atoms with Crippen molar-refractivity contribution in [1.82, 2.24) is 5.32 Å². The minimum absolute atomic E-state index is 0.0376. The molecule has 5 nitrogen and oxygen atoms in total. The predicted octanol–water partition coefficient (Wildman–Crippen LogP) is 3.38. The number of fused-ring (bicyclic) bond motifs is 1. The zero-order valence-corrected chi connectivity index (χ0v) is 14.7. The van der Waals surface area contributed by atoms with Crippen LogP contribution in [0.2, 0.25) is 0 Å². The van der Waals surface area contributed by atoms with Gasteiger partial charge in [0.2, 0.25) is 11.8 Å². The summed E-state index contributed by atoms with van der Waals surface area (Å²) in [4.78, 5) is 26.7. The van der Waals surface area contributed by atoms with Gasteiger partial charge in [0.25, 0.3) is 0 Å². The Morgan fingerprint density at radius 1 is 1.00 bits per heavy atom. The summed E-state index contributed by atoms with van der Waals surface area (Å²) in [5.74, 6) is -0.176. The van der Waals surface area contributed by atoms with Crippen molar-refractivity contribution < 1.29 is 9.59 Å². The molecule has 0 radical (unpaired) electrons. The van der Waals surface area contributed by atoms with Crippen LogP contribution in [-0.2, 0) is 16.0 Å². The first-order chi connectivity index (χ1) is 12.7. The lowest BCUT2D eigenvalue weighted by atomic mass is 10.1. The van der Waals surface area contributed by atoms with Crippen molar-refractivity contribution in [1.29, 1.82) is 0 Å². The molecule has 26 heavy (non-hydrogen) atoms. The molecule has 0 saturated carbocycles. The Hall–Kier alpha value is -2.82. The molecule has 2 N–H and O–H groups in total. The van der Waals surface area contributed by atoms with Gasteiger partial charge >= 0.3 is 0 Å². The van der Waals surface area contributed by atoms with E-state index < -0.39 is 6.04 Å². The van der Waals surface area contributed by atoms with E-state index in [1.807, 2.05) is 30.3 Å². The van der Waals surface area contributed by atoms with Gasteiger partial charge in [-0.1, -0.05) is 36.8 Å². The Morgan fingerprint density at radius 2 is 1.77 bits per heavy atom. The fourth-order valence-corrected chi connectivity index (χ4v) is 3.79. The molecule has 2 aromatic carbocycles. The highest BCUT2D eigenvalue weighted by Crippen LogP contribution is 2.38. The summed E-state index contributed by atoms with van der Waals surface area (Å²) in [6, 6.07) is 15.8. The summed E-state index contributed by atoms with van der Waals surface area (Å²) >= 11 is 0. The average Bonchev–Trinajstić information content (AvgIpc) is 2.96. The van der Waals surface area contributed by atoms with Crippen LogP contribution in [0.4, 0.5) is 17.1 Å². The summed E-state index contributed by atoms with van der Waals surface area (Å²) in [5, 5.41) is 5.88. The summed E-state index contributed by atoms with van der Waals surface area (Å²) in [7, 11) is 0. The summed E-state index contributed by atoms with van der Waals surface area (Å²) in [5.41, 5.74) is 4.29. The second kappa shape index (κ2) is 7.20. The van der Waals surface area contributed by atoms with Gasteiger partial charge in [-0.15, -0.1) is 0 Å². The quantitative estimate of drug-likeness (QED) is 0.893. The maximum absolute atomic E-state index is 12.7. The van der Waals surface area contributed by atoms with E-state index in [0.29, 0.717) is 12.8 Å². The fourth-order valence-electron chi connectivity index (χ4n) is 3.79. The molecule has 0 spiro atoms. The zero-order chi connectivity index (χ0) is 17.9. The number of nitrogens with zero attached hydrogens (tertiary/aromatic N) is 1. The molecule has 2 aliphatic rings. The van der Waals surface area contributed by atoms with Crippen molar-refractivity contribution in [3.63, 3.8) is 0 Å². The van der Waals surface area contributed by atoms with Gasteiger partial charge in [0.05, 0.1) is 11.4 Å². The number of rotatable bonds is 3. The van der Waals surface area contributed by atoms with Gasteiger partial charge in [-0.2, -0.15) is 0 Å². The minimum atomic E-state index is -0.455. The molecule has 0 bridgehead atoms. The highest BCUT2D eigenvalue weighted by Gasteiger charge is 2.26. The summed E-state index contributed by atoms with van der Waals surface area (Å²) in [6.07, 6.45) is 3.92. The molecule has 2 heterocycles. The topological polar surface area (TPSA) is 61.4 Å². The molecule has 0 aromatic heterocycles. The van der Waals surface area contributed by atoms with Crippen LogP contribution >= 0.6 is 0 Å². The first-order valence-corrected chi connectivity index (χ1v) is 9.27. The van der Waals surface area contributed by atoms with E-state index in [-0.39, 0.29) is 11.8 Å². The molecule has 1 atom stereocenters. The number of hydrogen-bond donors (Lipinski definition) is 2. The SMILES string of the molecule is O=C1CCCC[C@@H](C(=O)Nc2ccccc2N2CCc3ccccc32)N1. The molecule has 1 saturated heterocycles. The Labute approximate surface area is 153 Å². The first kappa shape index (κ1) is 16.6. The lowest BCUT2D eigenvalue weighted by molar-refractivity contribution is -0.125. The van der Waals surface area contributed by atoms with Gasteiger partial charge in [0, 0.05) is 18.7 Å². The third-order valence-electron chi connectivity index (χ3n) is 5.14. The standard InChI is InChI=1S/C21H23N3O2/c25-20-12-6-3-9-17(22-20)21(26)23-16-8-2-5-11-19(16)24-14-13-15-7-1-4-10-18(15)24/h1-2,4-5,7-8,10-11,17H,3,6,9,12-14H2,(H,22,25)(H,23,26)/t17-/m0/s1. The van der Waals surface area contributed by atoms with Crippen molar-refractivity contribution >= 4 is 28.9 Å². The molecule has 5 heteroatoms. The third-order valence-corrected chi connectivity index (χ3v) is 5.14. The van der Waals surface area contributed by atoms with Crippen LogP contribution in [-0.4, -0.2) is 24.4 Å². The molecule has 4 rings (SSSR count). The summed E-state index contributed by atoms with van der Waals surface area (Å²) in [6.45, 7) is 0.895. The van der Waals surface area contributed by atoms with Gasteiger partial charge < -0.3 is 15.5 Å². The summed E-state index contributed by atoms with van der Waals surface area (Å²) < 4.78 is 0. The maximum Gasteiger partial charge on any atom is 0.247 e.